The minimum absolute atomic E-state index is 0.0466. The molecule has 1 aromatic carbocycles. The normalized spacial score (nSPS) is 16.8. The molecule has 2 heterocycles. The summed E-state index contributed by atoms with van der Waals surface area (Å²) in [6.45, 7) is 4.65. The number of Topliss-reactive ketones (excluding diaryl/α,β-unsaturated/α-hetero) is 1. The summed E-state index contributed by atoms with van der Waals surface area (Å²) >= 11 is 0. The predicted octanol–water partition coefficient (Wildman–Crippen LogP) is 4.34. The molecule has 1 fully saturated rings. The average molecular weight is 409 g/mol. The van der Waals surface area contributed by atoms with Crippen LogP contribution in [0.25, 0.3) is 0 Å². The van der Waals surface area contributed by atoms with Crippen molar-refractivity contribution in [1.82, 2.24) is 4.57 Å². The molecular weight excluding hydrogens is 387 g/mol. The minimum atomic E-state index is -4.48. The molecule has 0 N–H and O–H groups in total. The Morgan fingerprint density at radius 3 is 2.48 bits per heavy atom. The number of rotatable bonds is 6. The highest BCUT2D eigenvalue weighted by Crippen LogP contribution is 2.29. The number of hydrogen-bond donors (Lipinski definition) is 0. The third-order valence-corrected chi connectivity index (χ3v) is 5.07. The number of halogens is 3. The molecule has 0 amide bonds. The molecule has 0 aliphatic carbocycles. The van der Waals surface area contributed by atoms with Crippen LogP contribution in [0, 0.1) is 13.8 Å². The number of carbonyl (C=O) groups is 2. The van der Waals surface area contributed by atoms with E-state index in [9.17, 15) is 22.8 Å². The summed E-state index contributed by atoms with van der Waals surface area (Å²) in [5.41, 5.74) is 1.24. The van der Waals surface area contributed by atoms with E-state index in [4.69, 9.17) is 9.47 Å². The molecule has 0 unspecified atom stereocenters. The number of ketones is 1. The van der Waals surface area contributed by atoms with Gasteiger partial charge >= 0.3 is 12.1 Å². The molecule has 0 bridgehead atoms. The van der Waals surface area contributed by atoms with E-state index in [2.05, 4.69) is 0 Å². The summed E-state index contributed by atoms with van der Waals surface area (Å²) < 4.78 is 50.4. The van der Waals surface area contributed by atoms with Gasteiger partial charge in [0.15, 0.2) is 6.61 Å². The first-order chi connectivity index (χ1) is 13.7. The molecule has 0 spiro atoms. The second-order valence-electron chi connectivity index (χ2n) is 7.10. The number of carbonyl (C=O) groups excluding carboxylic acids is 2. The Labute approximate surface area is 166 Å². The van der Waals surface area contributed by atoms with Crippen LogP contribution in [-0.4, -0.2) is 35.6 Å². The first kappa shape index (κ1) is 21.1. The highest BCUT2D eigenvalue weighted by atomic mass is 19.4. The number of esters is 1. The zero-order chi connectivity index (χ0) is 21.2. The van der Waals surface area contributed by atoms with Gasteiger partial charge in [-0.3, -0.25) is 4.79 Å². The van der Waals surface area contributed by atoms with E-state index in [-0.39, 0.29) is 17.5 Å². The summed E-state index contributed by atoms with van der Waals surface area (Å²) in [5, 5.41) is 0. The molecule has 156 valence electrons. The summed E-state index contributed by atoms with van der Waals surface area (Å²) in [4.78, 5) is 24.6. The largest absolute Gasteiger partial charge is 0.454 e. The molecule has 1 aliphatic heterocycles. The van der Waals surface area contributed by atoms with E-state index >= 15 is 0 Å². The smallest absolute Gasteiger partial charge is 0.416 e. The van der Waals surface area contributed by atoms with E-state index < -0.39 is 24.3 Å². The Morgan fingerprint density at radius 1 is 1.21 bits per heavy atom. The van der Waals surface area contributed by atoms with E-state index in [1.165, 1.54) is 0 Å². The fourth-order valence-electron chi connectivity index (χ4n) is 3.44. The maximum Gasteiger partial charge on any atom is 0.416 e. The van der Waals surface area contributed by atoms with Crippen molar-refractivity contribution in [3.05, 3.63) is 58.4 Å². The lowest BCUT2D eigenvalue weighted by Gasteiger charge is -2.14. The summed E-state index contributed by atoms with van der Waals surface area (Å²) in [5.74, 6) is -1.21. The Morgan fingerprint density at radius 2 is 1.90 bits per heavy atom. The first-order valence-electron chi connectivity index (χ1n) is 9.32. The molecule has 1 atom stereocenters. The second kappa shape index (κ2) is 8.41. The van der Waals surface area contributed by atoms with Gasteiger partial charge in [-0.25, -0.2) is 4.79 Å². The van der Waals surface area contributed by atoms with Crippen LogP contribution in [0.15, 0.2) is 30.3 Å². The van der Waals surface area contributed by atoms with Gasteiger partial charge in [-0.1, -0.05) is 0 Å². The Bertz CT molecular complexity index is 894. The number of aryl methyl sites for hydroxylation is 1. The summed E-state index contributed by atoms with van der Waals surface area (Å²) in [7, 11) is 0. The number of alkyl halides is 3. The zero-order valence-electron chi connectivity index (χ0n) is 16.2. The molecule has 0 radical (unpaired) electrons. The monoisotopic (exact) mass is 409 g/mol. The van der Waals surface area contributed by atoms with Crippen molar-refractivity contribution in [2.45, 2.75) is 45.5 Å². The molecule has 1 saturated heterocycles. The van der Waals surface area contributed by atoms with Gasteiger partial charge in [0.05, 0.1) is 17.2 Å². The average Bonchev–Trinajstić information content (AvgIpc) is 3.29. The summed E-state index contributed by atoms with van der Waals surface area (Å²) in [6, 6.07) is 5.42. The topological polar surface area (TPSA) is 57.5 Å². The Hall–Kier alpha value is -2.61. The fourth-order valence-corrected chi connectivity index (χ4v) is 3.44. The van der Waals surface area contributed by atoms with Crippen LogP contribution in [0.2, 0.25) is 0 Å². The van der Waals surface area contributed by atoms with E-state index in [1.54, 1.807) is 6.07 Å². The summed E-state index contributed by atoms with van der Waals surface area (Å²) in [6.07, 6.45) is -2.36. The van der Waals surface area contributed by atoms with E-state index in [1.807, 2.05) is 18.4 Å². The first-order valence-corrected chi connectivity index (χ1v) is 9.32. The number of nitrogens with zero attached hydrogens (tertiary/aromatic N) is 1. The molecule has 29 heavy (non-hydrogen) atoms. The van der Waals surface area contributed by atoms with Gasteiger partial charge in [0, 0.05) is 30.1 Å². The van der Waals surface area contributed by atoms with Crippen molar-refractivity contribution in [3.8, 4) is 0 Å². The van der Waals surface area contributed by atoms with Crippen molar-refractivity contribution < 1.29 is 32.2 Å². The van der Waals surface area contributed by atoms with Crippen LogP contribution < -0.4 is 0 Å². The van der Waals surface area contributed by atoms with Gasteiger partial charge in [0.1, 0.15) is 0 Å². The number of aromatic nitrogens is 1. The fraction of sp³-hybridized carbons (Fsp3) is 0.429. The van der Waals surface area contributed by atoms with E-state index in [0.29, 0.717) is 12.1 Å². The molecule has 3 rings (SSSR count). The van der Waals surface area contributed by atoms with Crippen molar-refractivity contribution >= 4 is 11.8 Å². The second-order valence-corrected chi connectivity index (χ2v) is 7.10. The van der Waals surface area contributed by atoms with Crippen molar-refractivity contribution in [1.29, 1.82) is 0 Å². The number of benzene rings is 1. The predicted molar refractivity (Wildman–Crippen MR) is 98.9 cm³/mol. The van der Waals surface area contributed by atoms with Gasteiger partial charge in [0.2, 0.25) is 5.78 Å². The molecule has 8 heteroatoms. The molecule has 2 aromatic rings. The zero-order valence-corrected chi connectivity index (χ0v) is 16.2. The maximum atomic E-state index is 12.6. The van der Waals surface area contributed by atoms with Crippen LogP contribution in [-0.2, 0) is 22.2 Å². The van der Waals surface area contributed by atoms with E-state index in [0.717, 1.165) is 55.1 Å². The van der Waals surface area contributed by atoms with Gasteiger partial charge in [-0.05, 0) is 57.0 Å². The quantitative estimate of drug-likeness (QED) is 0.526. The lowest BCUT2D eigenvalue weighted by Crippen LogP contribution is -2.18. The van der Waals surface area contributed by atoms with Gasteiger partial charge in [0.25, 0.3) is 0 Å². The van der Waals surface area contributed by atoms with Gasteiger partial charge in [-0.15, -0.1) is 0 Å². The lowest BCUT2D eigenvalue weighted by atomic mass is 10.1. The van der Waals surface area contributed by atoms with Gasteiger partial charge in [-0.2, -0.15) is 13.2 Å². The SMILES string of the molecule is Cc1cc(C(=O)COC(=O)c2ccc(C(F)(F)F)cc2)c(C)n1C[C@@H]1CCCO1. The highest BCUT2D eigenvalue weighted by molar-refractivity contribution is 6.00. The number of ether oxygens (including phenoxy) is 2. The van der Waals surface area contributed by atoms with Crippen molar-refractivity contribution in [2.75, 3.05) is 13.2 Å². The third kappa shape index (κ3) is 4.87. The standard InChI is InChI=1S/C21H22F3NO4/c1-13-10-18(14(2)25(13)11-17-4-3-9-28-17)19(26)12-29-20(27)15-5-7-16(8-6-15)21(22,23)24/h5-8,10,17H,3-4,9,11-12H2,1-2H3/t17-/m0/s1. The molecule has 1 aliphatic rings. The molecular formula is C21H22F3NO4. The Balaban J connectivity index is 1.62. The van der Waals surface area contributed by atoms with Crippen LogP contribution in [0.1, 0.15) is 50.5 Å². The van der Waals surface area contributed by atoms with Gasteiger partial charge < -0.3 is 14.0 Å². The molecule has 1 aromatic heterocycles. The third-order valence-electron chi connectivity index (χ3n) is 5.07. The minimum Gasteiger partial charge on any atom is -0.454 e. The highest BCUT2D eigenvalue weighted by Gasteiger charge is 2.30. The maximum absolute atomic E-state index is 12.6. The van der Waals surface area contributed by atoms with Crippen molar-refractivity contribution in [2.24, 2.45) is 0 Å². The molecule has 5 nitrogen and oxygen atoms in total. The van der Waals surface area contributed by atoms with Crippen LogP contribution in [0.4, 0.5) is 13.2 Å². The lowest BCUT2D eigenvalue weighted by molar-refractivity contribution is -0.137. The van der Waals surface area contributed by atoms with Crippen LogP contribution in [0.5, 0.6) is 0 Å². The van der Waals surface area contributed by atoms with Crippen molar-refractivity contribution in [3.63, 3.8) is 0 Å². The van der Waals surface area contributed by atoms with Crippen LogP contribution >= 0.6 is 0 Å². The molecule has 0 saturated carbocycles. The Kier molecular flexibility index (Phi) is 6.12. The van der Waals surface area contributed by atoms with Crippen LogP contribution in [0.3, 0.4) is 0 Å². The number of hydrogen-bond acceptors (Lipinski definition) is 4.